The second-order valence-electron chi connectivity index (χ2n) is 13.9. The lowest BCUT2D eigenvalue weighted by Crippen LogP contribution is -2.11. The first-order valence-corrected chi connectivity index (χ1v) is 19.2. The Morgan fingerprint density at radius 1 is 0.491 bits per heavy atom. The number of anilines is 3. The molecule has 0 N–H and O–H groups in total. The summed E-state index contributed by atoms with van der Waals surface area (Å²) in [6.07, 6.45) is 0. The van der Waals surface area contributed by atoms with Gasteiger partial charge in [0.05, 0.1) is 27.8 Å². The van der Waals surface area contributed by atoms with Crippen LogP contribution >= 0.6 is 11.3 Å². The zero-order valence-corrected chi connectivity index (χ0v) is 30.1. The molecule has 55 heavy (non-hydrogen) atoms. The van der Waals surface area contributed by atoms with E-state index in [4.69, 9.17) is 13.8 Å². The molecule has 0 aliphatic carbocycles. The number of nitrogens with zero attached hydrogens (tertiary/aromatic N) is 3. The van der Waals surface area contributed by atoms with Gasteiger partial charge < -0.3 is 18.3 Å². The second-order valence-corrected chi connectivity index (χ2v) is 15.0. The lowest BCUT2D eigenvalue weighted by Gasteiger charge is -2.26. The number of aromatic nitrogens is 2. The molecule has 258 valence electrons. The van der Waals surface area contributed by atoms with Gasteiger partial charge in [0.15, 0.2) is 11.2 Å². The van der Waals surface area contributed by atoms with Gasteiger partial charge in [-0.05, 0) is 72.8 Å². The molecule has 4 aromatic heterocycles. The van der Waals surface area contributed by atoms with Crippen LogP contribution in [-0.2, 0) is 0 Å². The molecule has 5 nitrogen and oxygen atoms in total. The van der Waals surface area contributed by atoms with E-state index in [-0.39, 0.29) is 0 Å². The largest absolute Gasteiger partial charge is 0.454 e. The van der Waals surface area contributed by atoms with Crippen molar-refractivity contribution in [2.45, 2.75) is 0 Å². The molecule has 0 atom stereocenters. The Morgan fingerprint density at radius 3 is 2.07 bits per heavy atom. The summed E-state index contributed by atoms with van der Waals surface area (Å²) in [7, 11) is 0. The number of furan rings is 1. The van der Waals surface area contributed by atoms with E-state index in [0.29, 0.717) is 11.5 Å². The summed E-state index contributed by atoms with van der Waals surface area (Å²) in [6.45, 7) is 0. The molecule has 0 aliphatic heterocycles. The molecule has 0 spiro atoms. The highest BCUT2D eigenvalue weighted by molar-refractivity contribution is 7.26. The van der Waals surface area contributed by atoms with Crippen LogP contribution in [0.5, 0.6) is 0 Å². The lowest BCUT2D eigenvalue weighted by atomic mass is 10.0. The number of benzene rings is 8. The van der Waals surface area contributed by atoms with E-state index in [9.17, 15) is 0 Å². The van der Waals surface area contributed by atoms with Gasteiger partial charge in [-0.2, -0.15) is 0 Å². The van der Waals surface area contributed by atoms with Crippen molar-refractivity contribution in [2.75, 3.05) is 4.90 Å². The maximum atomic E-state index is 6.91. The van der Waals surface area contributed by atoms with Gasteiger partial charge in [0.2, 0.25) is 5.89 Å². The van der Waals surface area contributed by atoms with Gasteiger partial charge in [-0.1, -0.05) is 97.1 Å². The molecular formula is C49H29N3O2S. The van der Waals surface area contributed by atoms with E-state index in [1.165, 1.54) is 25.6 Å². The van der Waals surface area contributed by atoms with E-state index in [1.807, 2.05) is 53.8 Å². The Kier molecular flexibility index (Phi) is 6.44. The zero-order chi connectivity index (χ0) is 36.0. The first kappa shape index (κ1) is 30.3. The molecule has 0 saturated heterocycles. The van der Waals surface area contributed by atoms with Crippen LogP contribution in [0.2, 0.25) is 0 Å². The number of oxazole rings is 1. The molecule has 0 amide bonds. The Balaban J connectivity index is 1.21. The topological polar surface area (TPSA) is 47.3 Å². The van der Waals surface area contributed by atoms with Gasteiger partial charge >= 0.3 is 0 Å². The van der Waals surface area contributed by atoms with E-state index in [0.717, 1.165) is 72.2 Å². The smallest absolute Gasteiger partial charge is 0.227 e. The molecule has 12 rings (SSSR count). The van der Waals surface area contributed by atoms with E-state index in [2.05, 4.69) is 143 Å². The predicted molar refractivity (Wildman–Crippen MR) is 229 cm³/mol. The Hall–Kier alpha value is -7.15. The molecule has 12 aromatic rings. The summed E-state index contributed by atoms with van der Waals surface area (Å²) < 4.78 is 18.4. The highest BCUT2D eigenvalue weighted by atomic mass is 32.1. The van der Waals surface area contributed by atoms with Crippen molar-refractivity contribution in [1.29, 1.82) is 0 Å². The molecule has 0 saturated carbocycles. The maximum Gasteiger partial charge on any atom is 0.227 e. The van der Waals surface area contributed by atoms with Crippen molar-refractivity contribution in [3.8, 4) is 17.1 Å². The molecule has 0 unspecified atom stereocenters. The fourth-order valence-corrected chi connectivity index (χ4v) is 9.56. The van der Waals surface area contributed by atoms with Crippen LogP contribution in [0.4, 0.5) is 17.1 Å². The third-order valence-electron chi connectivity index (χ3n) is 10.8. The SMILES string of the molecule is c1ccc(-c2nc3c(cc(N(c4ccc5c(c4)c4ccccc4n5-c4ccccc4)c4cccc5sc6ccccc6c45)c4oc5ccccc5c43)o2)cc1. The number of para-hydroxylation sites is 3. The lowest BCUT2D eigenvalue weighted by molar-refractivity contribution is 0.619. The van der Waals surface area contributed by atoms with Crippen molar-refractivity contribution < 1.29 is 8.83 Å². The fraction of sp³-hybridized carbons (Fsp3) is 0. The van der Waals surface area contributed by atoms with Crippen LogP contribution in [0, 0.1) is 0 Å². The summed E-state index contributed by atoms with van der Waals surface area (Å²) in [5.74, 6) is 0.576. The van der Waals surface area contributed by atoms with Gasteiger partial charge in [0.1, 0.15) is 11.1 Å². The summed E-state index contributed by atoms with van der Waals surface area (Å²) >= 11 is 1.82. The van der Waals surface area contributed by atoms with Crippen LogP contribution < -0.4 is 4.90 Å². The quantitative estimate of drug-likeness (QED) is 0.177. The van der Waals surface area contributed by atoms with Gasteiger partial charge in [-0.25, -0.2) is 4.98 Å². The number of hydrogen-bond donors (Lipinski definition) is 0. The van der Waals surface area contributed by atoms with Crippen LogP contribution in [0.1, 0.15) is 0 Å². The first-order valence-electron chi connectivity index (χ1n) is 18.4. The van der Waals surface area contributed by atoms with Gasteiger partial charge in [-0.3, -0.25) is 0 Å². The van der Waals surface area contributed by atoms with Crippen molar-refractivity contribution >= 4 is 103 Å². The number of hydrogen-bond acceptors (Lipinski definition) is 5. The number of rotatable bonds is 5. The van der Waals surface area contributed by atoms with Crippen LogP contribution in [0.25, 0.3) is 92.2 Å². The number of fused-ring (bicyclic) bond motifs is 11. The van der Waals surface area contributed by atoms with Crippen LogP contribution in [0.15, 0.2) is 185 Å². The molecule has 4 heterocycles. The number of thiophene rings is 1. The maximum absolute atomic E-state index is 6.91. The Bertz CT molecular complexity index is 3450. The third kappa shape index (κ3) is 4.49. The monoisotopic (exact) mass is 723 g/mol. The minimum absolute atomic E-state index is 0.576. The Labute approximate surface area is 318 Å². The van der Waals surface area contributed by atoms with Crippen molar-refractivity contribution in [3.05, 3.63) is 176 Å². The molecule has 0 aliphatic rings. The highest BCUT2D eigenvalue weighted by Gasteiger charge is 2.27. The van der Waals surface area contributed by atoms with Crippen molar-refractivity contribution in [2.24, 2.45) is 0 Å². The average Bonchev–Trinajstić information content (AvgIpc) is 4.02. The van der Waals surface area contributed by atoms with Crippen molar-refractivity contribution in [3.63, 3.8) is 0 Å². The molecular weight excluding hydrogens is 695 g/mol. The van der Waals surface area contributed by atoms with E-state index in [1.54, 1.807) is 0 Å². The van der Waals surface area contributed by atoms with Crippen LogP contribution in [-0.4, -0.2) is 9.55 Å². The molecule has 6 heteroatoms. The standard InChI is InChI=1S/C49H29N3O2S/c1-3-14-30(15-4-1)49-50-47-42(54-49)29-40(48-46(47)34-19-8-11-23-41(34)53-48)52(39-22-13-25-44-45(39)35-20-9-12-24-43(35)55-44)32-26-27-38-36(28-32)33-18-7-10-21-37(33)51(38)31-16-5-2-6-17-31/h1-29H. The summed E-state index contributed by atoms with van der Waals surface area (Å²) in [5, 5.41) is 6.70. The average molecular weight is 724 g/mol. The molecule has 0 fully saturated rings. The molecule has 0 bridgehead atoms. The predicted octanol–water partition coefficient (Wildman–Crippen LogP) is 14.3. The Morgan fingerprint density at radius 2 is 1.20 bits per heavy atom. The normalized spacial score (nSPS) is 12.0. The van der Waals surface area contributed by atoms with Crippen LogP contribution in [0.3, 0.4) is 0 Å². The molecule has 8 aromatic carbocycles. The minimum atomic E-state index is 0.576. The zero-order valence-electron chi connectivity index (χ0n) is 29.3. The highest BCUT2D eigenvalue weighted by Crippen LogP contribution is 2.50. The molecule has 0 radical (unpaired) electrons. The summed E-state index contributed by atoms with van der Waals surface area (Å²) in [5.41, 5.74) is 10.3. The minimum Gasteiger partial charge on any atom is -0.454 e. The van der Waals surface area contributed by atoms with Gasteiger partial charge in [0, 0.05) is 59.3 Å². The summed E-state index contributed by atoms with van der Waals surface area (Å²) in [6, 6.07) is 61.8. The summed E-state index contributed by atoms with van der Waals surface area (Å²) in [4.78, 5) is 7.49. The third-order valence-corrected chi connectivity index (χ3v) is 11.9. The van der Waals surface area contributed by atoms with Gasteiger partial charge in [-0.15, -0.1) is 11.3 Å². The first-order chi connectivity index (χ1) is 27.3. The fourth-order valence-electron chi connectivity index (χ4n) is 8.44. The van der Waals surface area contributed by atoms with E-state index >= 15 is 0 Å². The van der Waals surface area contributed by atoms with Crippen molar-refractivity contribution in [1.82, 2.24) is 9.55 Å². The second kappa shape index (κ2) is 11.7. The van der Waals surface area contributed by atoms with E-state index < -0.39 is 0 Å². The van der Waals surface area contributed by atoms with Gasteiger partial charge in [0.25, 0.3) is 0 Å².